The van der Waals surface area contributed by atoms with Gasteiger partial charge in [-0.05, 0) is 0 Å². The van der Waals surface area contributed by atoms with Gasteiger partial charge in [0.05, 0.1) is 0 Å². The second-order valence-corrected chi connectivity index (χ2v) is 4.36. The van der Waals surface area contributed by atoms with Gasteiger partial charge in [0.25, 0.3) is 6.43 Å². The molecule has 0 aliphatic rings. The molecule has 0 fully saturated rings. The monoisotopic (exact) mass is 294 g/mol. The Labute approximate surface area is 121 Å². The number of halogens is 2. The second-order valence-electron chi connectivity index (χ2n) is 4.36. The van der Waals surface area contributed by atoms with Crippen LogP contribution in [-0.4, -0.2) is 41.2 Å². The fourth-order valence-electron chi connectivity index (χ4n) is 1.68. The summed E-state index contributed by atoms with van der Waals surface area (Å²) in [5.41, 5.74) is 0.812. The van der Waals surface area contributed by atoms with E-state index in [9.17, 15) is 8.78 Å². The summed E-state index contributed by atoms with van der Waals surface area (Å²) in [7, 11) is 1.70. The lowest BCUT2D eigenvalue weighted by Crippen LogP contribution is -2.27. The van der Waals surface area contributed by atoms with Crippen LogP contribution in [0.2, 0.25) is 0 Å². The highest BCUT2D eigenvalue weighted by Gasteiger charge is 2.16. The summed E-state index contributed by atoms with van der Waals surface area (Å²) in [6, 6.07) is 10.9. The molecule has 0 bridgehead atoms. The van der Waals surface area contributed by atoms with Crippen LogP contribution in [0.1, 0.15) is 0 Å². The van der Waals surface area contributed by atoms with Crippen molar-refractivity contribution < 1.29 is 13.9 Å². The molecule has 0 aliphatic heterocycles. The normalized spacial score (nSPS) is 12.2. The van der Waals surface area contributed by atoms with E-state index in [4.69, 9.17) is 5.11 Å². The fourth-order valence-corrected chi connectivity index (χ4v) is 1.68. The van der Waals surface area contributed by atoms with Gasteiger partial charge in [-0.25, -0.2) is 18.7 Å². The number of nitrogens with one attached hydrogen (secondary N) is 2. The Balaban J connectivity index is 2.22. The van der Waals surface area contributed by atoms with E-state index >= 15 is 0 Å². The van der Waals surface area contributed by atoms with E-state index in [1.807, 2.05) is 30.3 Å². The summed E-state index contributed by atoms with van der Waals surface area (Å²) in [6.07, 6.45) is -4.53. The van der Waals surface area contributed by atoms with Gasteiger partial charge < -0.3 is 15.7 Å². The highest BCUT2D eigenvalue weighted by molar-refractivity contribution is 5.61. The number of rotatable bonds is 6. The molecule has 1 atom stereocenters. The minimum atomic E-state index is -2.79. The number of anilines is 2. The Hall–Kier alpha value is -2.28. The standard InChI is InChI=1S/C14H16F2N4O/c1-17-11-7-12(18-8-10(21)13(15)16)20-14(19-11)9-5-3-2-4-6-9/h2-7,10,13,21H,8H2,1H3,(H2,17,18,19,20). The molecule has 112 valence electrons. The maximum absolute atomic E-state index is 12.3. The van der Waals surface area contributed by atoms with Crippen LogP contribution in [0, 0.1) is 0 Å². The topological polar surface area (TPSA) is 70.1 Å². The number of aliphatic hydroxyl groups excluding tert-OH is 1. The number of hydrogen-bond acceptors (Lipinski definition) is 5. The molecule has 0 aliphatic carbocycles. The molecule has 3 N–H and O–H groups in total. The Morgan fingerprint density at radius 3 is 2.43 bits per heavy atom. The second kappa shape index (κ2) is 6.94. The third kappa shape index (κ3) is 4.09. The molecule has 1 aromatic carbocycles. The molecule has 21 heavy (non-hydrogen) atoms. The zero-order valence-corrected chi connectivity index (χ0v) is 11.4. The molecule has 0 saturated carbocycles. The van der Waals surface area contributed by atoms with Gasteiger partial charge in [0.15, 0.2) is 5.82 Å². The molecule has 0 radical (unpaired) electrons. The van der Waals surface area contributed by atoms with Crippen molar-refractivity contribution in [1.29, 1.82) is 0 Å². The highest BCUT2D eigenvalue weighted by atomic mass is 19.3. The largest absolute Gasteiger partial charge is 0.385 e. The van der Waals surface area contributed by atoms with E-state index in [1.165, 1.54) is 0 Å². The summed E-state index contributed by atoms with van der Waals surface area (Å²) < 4.78 is 24.6. The van der Waals surface area contributed by atoms with E-state index in [0.717, 1.165) is 5.56 Å². The summed E-state index contributed by atoms with van der Waals surface area (Å²) in [5, 5.41) is 14.7. The average Bonchev–Trinajstić information content (AvgIpc) is 2.52. The molecule has 0 spiro atoms. The molecule has 1 heterocycles. The van der Waals surface area contributed by atoms with Crippen molar-refractivity contribution >= 4 is 11.6 Å². The van der Waals surface area contributed by atoms with E-state index in [0.29, 0.717) is 17.5 Å². The Kier molecular flexibility index (Phi) is 4.99. The van der Waals surface area contributed by atoms with Crippen LogP contribution in [0.3, 0.4) is 0 Å². The van der Waals surface area contributed by atoms with Gasteiger partial charge in [-0.2, -0.15) is 0 Å². The van der Waals surface area contributed by atoms with Crippen molar-refractivity contribution in [1.82, 2.24) is 9.97 Å². The number of benzene rings is 1. The van der Waals surface area contributed by atoms with Crippen LogP contribution >= 0.6 is 0 Å². The van der Waals surface area contributed by atoms with E-state index in [1.54, 1.807) is 13.1 Å². The average molecular weight is 294 g/mol. The van der Waals surface area contributed by atoms with Crippen LogP contribution in [0.15, 0.2) is 36.4 Å². The van der Waals surface area contributed by atoms with Crippen molar-refractivity contribution in [2.75, 3.05) is 24.2 Å². The Bertz CT molecular complexity index is 580. The number of nitrogens with zero attached hydrogens (tertiary/aromatic N) is 2. The Morgan fingerprint density at radius 2 is 1.81 bits per heavy atom. The van der Waals surface area contributed by atoms with E-state index < -0.39 is 12.5 Å². The predicted octanol–water partition coefficient (Wildman–Crippen LogP) is 2.22. The highest BCUT2D eigenvalue weighted by Crippen LogP contribution is 2.20. The van der Waals surface area contributed by atoms with Crippen LogP contribution in [0.5, 0.6) is 0 Å². The zero-order chi connectivity index (χ0) is 15.2. The molecule has 1 unspecified atom stereocenters. The number of aromatic nitrogens is 2. The molecule has 2 rings (SSSR count). The van der Waals surface area contributed by atoms with E-state index in [2.05, 4.69) is 20.6 Å². The first-order valence-electron chi connectivity index (χ1n) is 6.42. The van der Waals surface area contributed by atoms with Crippen molar-refractivity contribution in [2.45, 2.75) is 12.5 Å². The van der Waals surface area contributed by atoms with Gasteiger partial charge in [0.2, 0.25) is 0 Å². The van der Waals surface area contributed by atoms with Crippen molar-refractivity contribution in [3.63, 3.8) is 0 Å². The third-order valence-corrected chi connectivity index (χ3v) is 2.80. The molecule has 1 aromatic heterocycles. The lowest BCUT2D eigenvalue weighted by Gasteiger charge is -2.13. The van der Waals surface area contributed by atoms with Crippen LogP contribution in [0.4, 0.5) is 20.4 Å². The molecule has 2 aromatic rings. The SMILES string of the molecule is CNc1cc(NCC(O)C(F)F)nc(-c2ccccc2)n1. The summed E-state index contributed by atoms with van der Waals surface area (Å²) in [5.74, 6) is 1.39. The molecular formula is C14H16F2N4O. The molecule has 5 nitrogen and oxygen atoms in total. The maximum atomic E-state index is 12.3. The van der Waals surface area contributed by atoms with Crippen molar-refractivity contribution in [2.24, 2.45) is 0 Å². The van der Waals surface area contributed by atoms with Crippen LogP contribution in [-0.2, 0) is 0 Å². The smallest absolute Gasteiger partial charge is 0.265 e. The van der Waals surface area contributed by atoms with Gasteiger partial charge in [0, 0.05) is 25.2 Å². The molecule has 0 saturated heterocycles. The number of hydrogen-bond donors (Lipinski definition) is 3. The van der Waals surface area contributed by atoms with Crippen molar-refractivity contribution in [3.8, 4) is 11.4 Å². The van der Waals surface area contributed by atoms with Crippen molar-refractivity contribution in [3.05, 3.63) is 36.4 Å². The van der Waals surface area contributed by atoms with Gasteiger partial charge in [-0.1, -0.05) is 30.3 Å². The first kappa shape index (κ1) is 15.1. The minimum Gasteiger partial charge on any atom is -0.385 e. The zero-order valence-electron chi connectivity index (χ0n) is 11.4. The summed E-state index contributed by atoms with van der Waals surface area (Å²) in [6.45, 7) is -0.286. The number of alkyl halides is 2. The third-order valence-electron chi connectivity index (χ3n) is 2.80. The fraction of sp³-hybridized carbons (Fsp3) is 0.286. The first-order chi connectivity index (χ1) is 10.1. The van der Waals surface area contributed by atoms with Gasteiger partial charge in [-0.15, -0.1) is 0 Å². The summed E-state index contributed by atoms with van der Waals surface area (Å²) in [4.78, 5) is 8.58. The number of aliphatic hydroxyl groups is 1. The lowest BCUT2D eigenvalue weighted by atomic mass is 10.2. The van der Waals surface area contributed by atoms with Crippen LogP contribution < -0.4 is 10.6 Å². The van der Waals surface area contributed by atoms with E-state index in [-0.39, 0.29) is 6.54 Å². The maximum Gasteiger partial charge on any atom is 0.265 e. The Morgan fingerprint density at radius 1 is 1.14 bits per heavy atom. The molecular weight excluding hydrogens is 278 g/mol. The van der Waals surface area contributed by atoms with Gasteiger partial charge in [0.1, 0.15) is 17.7 Å². The minimum absolute atomic E-state index is 0.286. The van der Waals surface area contributed by atoms with Crippen LogP contribution in [0.25, 0.3) is 11.4 Å². The predicted molar refractivity (Wildman–Crippen MR) is 77.5 cm³/mol. The lowest BCUT2D eigenvalue weighted by molar-refractivity contribution is 0.00381. The van der Waals surface area contributed by atoms with Gasteiger partial charge in [-0.3, -0.25) is 0 Å². The first-order valence-corrected chi connectivity index (χ1v) is 6.42. The molecule has 0 amide bonds. The van der Waals surface area contributed by atoms with Gasteiger partial charge >= 0.3 is 0 Å². The quantitative estimate of drug-likeness (QED) is 0.762. The summed E-state index contributed by atoms with van der Waals surface area (Å²) >= 11 is 0. The molecule has 7 heteroatoms.